The lowest BCUT2D eigenvalue weighted by atomic mass is 9.78. The molecule has 9 unspecified atom stereocenters. The Bertz CT molecular complexity index is 698. The number of hydrogen-bond acceptors (Lipinski definition) is 8. The van der Waals surface area contributed by atoms with Crippen molar-refractivity contribution in [3.8, 4) is 0 Å². The number of rotatable bonds is 7. The maximum Gasteiger partial charge on any atom is 0.223 e. The van der Waals surface area contributed by atoms with Gasteiger partial charge in [-0.25, -0.2) is 0 Å². The molecule has 9 atom stereocenters. The number of carbonyl (C=O) groups excluding carboxylic acids is 1. The molecular weight excluding hydrogens is 444 g/mol. The van der Waals surface area contributed by atoms with E-state index in [9.17, 15) is 4.79 Å². The molecule has 3 heterocycles. The first-order chi connectivity index (χ1) is 17.1. The van der Waals surface area contributed by atoms with E-state index in [2.05, 4.69) is 20.9 Å². The molecule has 0 aromatic heterocycles. The molecule has 0 spiro atoms. The van der Waals surface area contributed by atoms with E-state index in [4.69, 9.17) is 20.9 Å². The molecule has 5 rings (SSSR count). The summed E-state index contributed by atoms with van der Waals surface area (Å²) in [7, 11) is 0. The third-order valence-electron chi connectivity index (χ3n) is 9.48. The Hall–Kier alpha value is -0.810. The number of nitrogens with two attached hydrogens (primary N) is 2. The Morgan fingerprint density at radius 2 is 1.97 bits per heavy atom. The van der Waals surface area contributed by atoms with Crippen molar-refractivity contribution in [3.05, 3.63) is 0 Å². The number of ether oxygens (including phenoxy) is 2. The lowest BCUT2D eigenvalue weighted by Crippen LogP contribution is -2.61. The first kappa shape index (κ1) is 25.8. The summed E-state index contributed by atoms with van der Waals surface area (Å²) in [5.41, 5.74) is 13.3. The summed E-state index contributed by atoms with van der Waals surface area (Å²) in [6.45, 7) is 5.64. The molecular formula is C26H48N6O3. The van der Waals surface area contributed by atoms with Gasteiger partial charge in [0.1, 0.15) is 0 Å². The molecule has 35 heavy (non-hydrogen) atoms. The molecule has 0 aromatic carbocycles. The highest BCUT2D eigenvalue weighted by molar-refractivity contribution is 5.78. The number of nitrogens with zero attached hydrogens (tertiary/aromatic N) is 1. The van der Waals surface area contributed by atoms with Crippen LogP contribution >= 0.6 is 0 Å². The molecule has 3 aliphatic heterocycles. The average molecular weight is 493 g/mol. The minimum Gasteiger partial charge on any atom is -0.378 e. The van der Waals surface area contributed by atoms with Gasteiger partial charge in [-0.3, -0.25) is 9.69 Å². The highest BCUT2D eigenvalue weighted by Gasteiger charge is 2.39. The van der Waals surface area contributed by atoms with Crippen molar-refractivity contribution in [3.63, 3.8) is 0 Å². The SMILES string of the molecule is NC(CNC1CCCC(C(=O)NCC2CCCC3CCOC32)C1)N1CCOC2CNCCC2C1N. The second-order valence-corrected chi connectivity index (χ2v) is 11.7. The zero-order valence-electron chi connectivity index (χ0n) is 21.3. The zero-order chi connectivity index (χ0) is 24.2. The summed E-state index contributed by atoms with van der Waals surface area (Å²) in [6.07, 6.45) is 10.3. The van der Waals surface area contributed by atoms with Crippen molar-refractivity contribution in [1.29, 1.82) is 0 Å². The molecule has 1 amide bonds. The average Bonchev–Trinajstić information content (AvgIpc) is 3.31. The maximum absolute atomic E-state index is 13.0. The van der Waals surface area contributed by atoms with Gasteiger partial charge in [0.2, 0.25) is 5.91 Å². The minimum atomic E-state index is -0.151. The third-order valence-corrected chi connectivity index (χ3v) is 9.48. The van der Waals surface area contributed by atoms with E-state index in [1.54, 1.807) is 0 Å². The fourth-order valence-electron chi connectivity index (χ4n) is 7.42. The van der Waals surface area contributed by atoms with Crippen LogP contribution in [0.5, 0.6) is 0 Å². The highest BCUT2D eigenvalue weighted by Crippen LogP contribution is 2.37. The van der Waals surface area contributed by atoms with Gasteiger partial charge in [-0.2, -0.15) is 0 Å². The summed E-state index contributed by atoms with van der Waals surface area (Å²) in [5.74, 6) is 1.83. The summed E-state index contributed by atoms with van der Waals surface area (Å²) in [6, 6.07) is 0.328. The van der Waals surface area contributed by atoms with Gasteiger partial charge in [0.05, 0.1) is 31.1 Å². The van der Waals surface area contributed by atoms with Crippen LogP contribution in [0, 0.1) is 23.7 Å². The van der Waals surface area contributed by atoms with Crippen LogP contribution in [0.25, 0.3) is 0 Å². The molecule has 9 heteroatoms. The zero-order valence-corrected chi connectivity index (χ0v) is 21.3. The molecule has 7 N–H and O–H groups in total. The van der Waals surface area contributed by atoms with Gasteiger partial charge in [-0.15, -0.1) is 0 Å². The first-order valence-corrected chi connectivity index (χ1v) is 14.3. The predicted octanol–water partition coefficient (Wildman–Crippen LogP) is 0.336. The van der Waals surface area contributed by atoms with Crippen LogP contribution in [-0.2, 0) is 14.3 Å². The van der Waals surface area contributed by atoms with Crippen molar-refractivity contribution >= 4 is 5.91 Å². The van der Waals surface area contributed by atoms with Crippen molar-refractivity contribution in [2.75, 3.05) is 45.9 Å². The van der Waals surface area contributed by atoms with Crippen molar-refractivity contribution in [1.82, 2.24) is 20.9 Å². The number of hydrogen-bond donors (Lipinski definition) is 5. The second-order valence-electron chi connectivity index (χ2n) is 11.7. The maximum atomic E-state index is 13.0. The third kappa shape index (κ3) is 6.20. The molecule has 9 nitrogen and oxygen atoms in total. The Morgan fingerprint density at radius 1 is 1.09 bits per heavy atom. The summed E-state index contributed by atoms with van der Waals surface area (Å²) >= 11 is 0. The van der Waals surface area contributed by atoms with E-state index in [-0.39, 0.29) is 30.3 Å². The van der Waals surface area contributed by atoms with Gasteiger partial charge in [-0.05, 0) is 57.4 Å². The number of fused-ring (bicyclic) bond motifs is 2. The lowest BCUT2D eigenvalue weighted by molar-refractivity contribution is -0.126. The standard InChI is InChI=1S/C26H48N6O3/c27-23(32-10-12-34-22-15-29-9-7-21(22)25(32)28)16-30-20-6-2-4-18(13-20)26(33)31-14-19-5-1-3-17-8-11-35-24(17)19/h17-25,29-30H,1-16,27-28H2,(H,31,33). The normalized spacial score (nSPS) is 41.4. The number of carbonyl (C=O) groups is 1. The van der Waals surface area contributed by atoms with Gasteiger partial charge in [0.15, 0.2) is 0 Å². The van der Waals surface area contributed by atoms with Crippen LogP contribution < -0.4 is 27.4 Å². The predicted molar refractivity (Wildman–Crippen MR) is 135 cm³/mol. The van der Waals surface area contributed by atoms with Crippen LogP contribution in [0.1, 0.15) is 57.8 Å². The minimum absolute atomic E-state index is 0.0745. The highest BCUT2D eigenvalue weighted by atomic mass is 16.5. The van der Waals surface area contributed by atoms with Crippen LogP contribution in [-0.4, -0.2) is 87.3 Å². The topological polar surface area (TPSA) is 127 Å². The molecule has 5 aliphatic rings. The molecule has 0 bridgehead atoms. The quantitative estimate of drug-likeness (QED) is 0.344. The van der Waals surface area contributed by atoms with Gasteiger partial charge in [-0.1, -0.05) is 12.8 Å². The van der Waals surface area contributed by atoms with Gasteiger partial charge >= 0.3 is 0 Å². The van der Waals surface area contributed by atoms with Crippen LogP contribution in [0.2, 0.25) is 0 Å². The smallest absolute Gasteiger partial charge is 0.223 e. The largest absolute Gasteiger partial charge is 0.378 e. The van der Waals surface area contributed by atoms with Gasteiger partial charge < -0.3 is 36.9 Å². The van der Waals surface area contributed by atoms with Crippen molar-refractivity contribution in [2.24, 2.45) is 35.1 Å². The second kappa shape index (κ2) is 12.2. The van der Waals surface area contributed by atoms with E-state index >= 15 is 0 Å². The van der Waals surface area contributed by atoms with Crippen molar-refractivity contribution < 1.29 is 14.3 Å². The molecule has 3 saturated heterocycles. The monoisotopic (exact) mass is 492 g/mol. The molecule has 5 fully saturated rings. The van der Waals surface area contributed by atoms with Crippen LogP contribution in [0.15, 0.2) is 0 Å². The Morgan fingerprint density at radius 3 is 2.89 bits per heavy atom. The summed E-state index contributed by atoms with van der Waals surface area (Å²) in [4.78, 5) is 15.3. The fourth-order valence-corrected chi connectivity index (χ4v) is 7.42. The van der Waals surface area contributed by atoms with Crippen LogP contribution in [0.3, 0.4) is 0 Å². The number of amides is 1. The molecule has 2 aliphatic carbocycles. The van der Waals surface area contributed by atoms with E-state index in [1.165, 1.54) is 25.7 Å². The van der Waals surface area contributed by atoms with E-state index in [0.29, 0.717) is 43.1 Å². The van der Waals surface area contributed by atoms with E-state index in [1.807, 2.05) is 0 Å². The molecule has 0 radical (unpaired) electrons. The molecule has 2 saturated carbocycles. The van der Waals surface area contributed by atoms with Crippen molar-refractivity contribution in [2.45, 2.75) is 88.4 Å². The number of piperidine rings is 1. The van der Waals surface area contributed by atoms with Crippen LogP contribution in [0.4, 0.5) is 0 Å². The fraction of sp³-hybridized carbons (Fsp3) is 0.962. The van der Waals surface area contributed by atoms with Gasteiger partial charge in [0, 0.05) is 56.6 Å². The number of nitrogens with one attached hydrogen (secondary N) is 3. The van der Waals surface area contributed by atoms with E-state index in [0.717, 1.165) is 64.9 Å². The summed E-state index contributed by atoms with van der Waals surface area (Å²) < 4.78 is 12.1. The molecule has 0 aromatic rings. The Kier molecular flexibility index (Phi) is 8.97. The Labute approximate surface area is 210 Å². The lowest BCUT2D eigenvalue weighted by Gasteiger charge is -2.40. The van der Waals surface area contributed by atoms with Gasteiger partial charge in [0.25, 0.3) is 0 Å². The summed E-state index contributed by atoms with van der Waals surface area (Å²) in [5, 5.41) is 10.4. The first-order valence-electron chi connectivity index (χ1n) is 14.3. The Balaban J connectivity index is 1.06. The molecule has 200 valence electrons. The van der Waals surface area contributed by atoms with E-state index < -0.39 is 0 Å².